The summed E-state index contributed by atoms with van der Waals surface area (Å²) in [6, 6.07) is 38.4. The Balaban J connectivity index is 1.94. The van der Waals surface area contributed by atoms with E-state index < -0.39 is 0 Å². The third-order valence-corrected chi connectivity index (χ3v) is 6.80. The number of methoxy groups -OCH3 is 2. The van der Waals surface area contributed by atoms with Crippen molar-refractivity contribution in [1.29, 1.82) is 0 Å². The first-order valence-corrected chi connectivity index (χ1v) is 11.5. The first kappa shape index (κ1) is 22.7. The fourth-order valence-electron chi connectivity index (χ4n) is 5.01. The largest absolute Gasteiger partial charge is 0.496 e. The van der Waals surface area contributed by atoms with E-state index in [9.17, 15) is 0 Å². The highest BCUT2D eigenvalue weighted by Gasteiger charge is 2.41. The van der Waals surface area contributed by atoms with Gasteiger partial charge in [-0.1, -0.05) is 104 Å². The number of benzene rings is 4. The average Bonchev–Trinajstić information content (AvgIpc) is 2.89. The molecule has 4 rings (SSSR count). The summed E-state index contributed by atoms with van der Waals surface area (Å²) in [5.41, 5.74) is 4.65. The maximum Gasteiger partial charge on any atom is 0.122 e. The number of ether oxygens (including phenoxy) is 2. The van der Waals surface area contributed by atoms with E-state index in [-0.39, 0.29) is 11.3 Å². The minimum absolute atomic E-state index is 0.259. The zero-order chi connectivity index (χ0) is 23.1. The Morgan fingerprint density at radius 3 is 1.30 bits per heavy atom. The number of hydrogen-bond donors (Lipinski definition) is 0. The third kappa shape index (κ3) is 4.80. The molecule has 2 nitrogen and oxygen atoms in total. The van der Waals surface area contributed by atoms with E-state index in [1.54, 1.807) is 14.2 Å². The second-order valence-electron chi connectivity index (χ2n) is 8.68. The number of para-hydroxylation sites is 2. The number of hydrogen-bond acceptors (Lipinski definition) is 2. The van der Waals surface area contributed by atoms with E-state index in [2.05, 4.69) is 104 Å². The lowest BCUT2D eigenvalue weighted by Crippen LogP contribution is -2.37. The summed E-state index contributed by atoms with van der Waals surface area (Å²) >= 11 is 0. The molecule has 2 heteroatoms. The van der Waals surface area contributed by atoms with Crippen molar-refractivity contribution in [3.8, 4) is 11.5 Å². The molecule has 0 bridgehead atoms. The first-order valence-electron chi connectivity index (χ1n) is 11.5. The molecule has 0 spiro atoms. The standard InChI is InChI=1S/C31H32O2/c1-31(27-18-10-12-20-29(27)32-2,28-19-11-13-21-30(28)33-3)26(22-24-14-6-4-7-15-24)23-25-16-8-5-9-17-25/h4-21,26H,22-23H2,1-3H3. The van der Waals surface area contributed by atoms with Gasteiger partial charge in [0.1, 0.15) is 11.5 Å². The van der Waals surface area contributed by atoms with Gasteiger partial charge in [-0.2, -0.15) is 0 Å². The van der Waals surface area contributed by atoms with E-state index in [4.69, 9.17) is 9.47 Å². The molecule has 0 saturated heterocycles. The summed E-state index contributed by atoms with van der Waals surface area (Å²) < 4.78 is 11.8. The van der Waals surface area contributed by atoms with Crippen molar-refractivity contribution in [2.24, 2.45) is 5.92 Å². The molecule has 4 aromatic rings. The van der Waals surface area contributed by atoms with E-state index in [1.165, 1.54) is 22.3 Å². The lowest BCUT2D eigenvalue weighted by atomic mass is 9.63. The molecular weight excluding hydrogens is 404 g/mol. The van der Waals surface area contributed by atoms with Crippen LogP contribution in [0, 0.1) is 5.92 Å². The predicted octanol–water partition coefficient (Wildman–Crippen LogP) is 7.11. The molecular formula is C31H32O2. The molecule has 33 heavy (non-hydrogen) atoms. The Morgan fingerprint density at radius 1 is 0.545 bits per heavy atom. The smallest absolute Gasteiger partial charge is 0.122 e. The minimum atomic E-state index is -0.356. The average molecular weight is 437 g/mol. The van der Waals surface area contributed by atoms with Gasteiger partial charge in [-0.25, -0.2) is 0 Å². The molecule has 0 aliphatic carbocycles. The summed E-state index contributed by atoms with van der Waals surface area (Å²) in [4.78, 5) is 0. The highest BCUT2D eigenvalue weighted by Crippen LogP contribution is 2.48. The van der Waals surface area contributed by atoms with Crippen LogP contribution in [0.1, 0.15) is 29.2 Å². The zero-order valence-electron chi connectivity index (χ0n) is 19.7. The summed E-state index contributed by atoms with van der Waals surface area (Å²) in [5, 5.41) is 0. The maximum absolute atomic E-state index is 5.90. The van der Waals surface area contributed by atoms with Gasteiger partial charge in [0.15, 0.2) is 0 Å². The van der Waals surface area contributed by atoms with Gasteiger partial charge in [0.05, 0.1) is 14.2 Å². The monoisotopic (exact) mass is 436 g/mol. The van der Waals surface area contributed by atoms with E-state index >= 15 is 0 Å². The predicted molar refractivity (Wildman–Crippen MR) is 136 cm³/mol. The highest BCUT2D eigenvalue weighted by atomic mass is 16.5. The van der Waals surface area contributed by atoms with Crippen LogP contribution in [0.25, 0.3) is 0 Å². The van der Waals surface area contributed by atoms with Gasteiger partial charge in [0.25, 0.3) is 0 Å². The molecule has 0 radical (unpaired) electrons. The quantitative estimate of drug-likeness (QED) is 0.278. The molecule has 0 heterocycles. The van der Waals surface area contributed by atoms with E-state index in [0.29, 0.717) is 0 Å². The van der Waals surface area contributed by atoms with E-state index in [0.717, 1.165) is 24.3 Å². The minimum Gasteiger partial charge on any atom is -0.496 e. The summed E-state index contributed by atoms with van der Waals surface area (Å²) in [7, 11) is 3.51. The lowest BCUT2D eigenvalue weighted by Gasteiger charge is -2.41. The highest BCUT2D eigenvalue weighted by molar-refractivity contribution is 5.52. The van der Waals surface area contributed by atoms with Gasteiger partial charge >= 0.3 is 0 Å². The van der Waals surface area contributed by atoms with Crippen molar-refractivity contribution in [3.05, 3.63) is 131 Å². The normalized spacial score (nSPS) is 11.4. The van der Waals surface area contributed by atoms with Crippen LogP contribution in [0.3, 0.4) is 0 Å². The van der Waals surface area contributed by atoms with Crippen molar-refractivity contribution in [2.75, 3.05) is 14.2 Å². The van der Waals surface area contributed by atoms with Gasteiger partial charge < -0.3 is 9.47 Å². The van der Waals surface area contributed by atoms with Crippen molar-refractivity contribution in [2.45, 2.75) is 25.2 Å². The number of rotatable bonds is 9. The van der Waals surface area contributed by atoms with Crippen LogP contribution < -0.4 is 9.47 Å². The van der Waals surface area contributed by atoms with Gasteiger partial charge in [-0.15, -0.1) is 0 Å². The lowest BCUT2D eigenvalue weighted by molar-refractivity contribution is 0.308. The molecule has 0 amide bonds. The van der Waals surface area contributed by atoms with Crippen LogP contribution in [0.15, 0.2) is 109 Å². The second kappa shape index (κ2) is 10.4. The Bertz CT molecular complexity index is 1060. The SMILES string of the molecule is COc1ccccc1C(C)(c1ccccc1OC)C(Cc1ccccc1)Cc1ccccc1. The molecule has 0 atom stereocenters. The zero-order valence-corrected chi connectivity index (χ0v) is 19.7. The van der Waals surface area contributed by atoms with Crippen LogP contribution in [-0.2, 0) is 18.3 Å². The van der Waals surface area contributed by atoms with Crippen molar-refractivity contribution < 1.29 is 9.47 Å². The van der Waals surface area contributed by atoms with Gasteiger partial charge in [-0.3, -0.25) is 0 Å². The summed E-state index contributed by atoms with van der Waals surface area (Å²) in [6.07, 6.45) is 1.87. The summed E-state index contributed by atoms with van der Waals surface area (Å²) in [6.45, 7) is 2.35. The Hall–Kier alpha value is -3.52. The van der Waals surface area contributed by atoms with Gasteiger partial charge in [0.2, 0.25) is 0 Å². The fourth-order valence-corrected chi connectivity index (χ4v) is 5.01. The Morgan fingerprint density at radius 2 is 0.909 bits per heavy atom. The molecule has 0 fully saturated rings. The molecule has 0 N–H and O–H groups in total. The first-order chi connectivity index (χ1) is 16.2. The molecule has 0 saturated carbocycles. The molecule has 0 aliphatic rings. The van der Waals surface area contributed by atoms with Crippen molar-refractivity contribution in [3.63, 3.8) is 0 Å². The van der Waals surface area contributed by atoms with Crippen molar-refractivity contribution >= 4 is 0 Å². The topological polar surface area (TPSA) is 18.5 Å². The third-order valence-electron chi connectivity index (χ3n) is 6.80. The second-order valence-corrected chi connectivity index (χ2v) is 8.68. The molecule has 168 valence electrons. The van der Waals surface area contributed by atoms with E-state index in [1.807, 2.05) is 12.1 Å². The fraction of sp³-hybridized carbons (Fsp3) is 0.226. The Labute approximate surface area is 197 Å². The molecule has 0 aromatic heterocycles. The van der Waals surface area contributed by atoms with Crippen molar-refractivity contribution in [1.82, 2.24) is 0 Å². The van der Waals surface area contributed by atoms with Crippen LogP contribution >= 0.6 is 0 Å². The molecule has 0 aliphatic heterocycles. The molecule has 4 aromatic carbocycles. The van der Waals surface area contributed by atoms with Crippen LogP contribution in [0.4, 0.5) is 0 Å². The molecule has 0 unspecified atom stereocenters. The summed E-state index contributed by atoms with van der Waals surface area (Å²) in [5.74, 6) is 2.06. The van der Waals surface area contributed by atoms with Gasteiger partial charge in [-0.05, 0) is 42.0 Å². The van der Waals surface area contributed by atoms with Crippen LogP contribution in [0.2, 0.25) is 0 Å². The Kier molecular flexibility index (Phi) is 7.14. The van der Waals surface area contributed by atoms with Crippen LogP contribution in [0.5, 0.6) is 11.5 Å². The maximum atomic E-state index is 5.90. The van der Waals surface area contributed by atoms with Gasteiger partial charge in [0, 0.05) is 16.5 Å². The van der Waals surface area contributed by atoms with Crippen LogP contribution in [-0.4, -0.2) is 14.2 Å².